The molecule has 1 amide bonds. The SMILES string of the molecule is NS(=O)(=O)c1cccc(NC(=O)Cc2ccccc2[N+](=O)[O-])c1. The molecular formula is C14H13N3O5S. The molecule has 0 aromatic heterocycles. The van der Waals surface area contributed by atoms with E-state index in [2.05, 4.69) is 5.32 Å². The second kappa shape index (κ2) is 6.55. The zero-order valence-corrected chi connectivity index (χ0v) is 12.6. The van der Waals surface area contributed by atoms with Crippen molar-refractivity contribution >= 4 is 27.3 Å². The molecule has 2 aromatic carbocycles. The summed E-state index contributed by atoms with van der Waals surface area (Å²) >= 11 is 0. The molecule has 0 spiro atoms. The lowest BCUT2D eigenvalue weighted by Gasteiger charge is -2.07. The molecule has 0 bridgehead atoms. The summed E-state index contributed by atoms with van der Waals surface area (Å²) in [5.74, 6) is -0.508. The summed E-state index contributed by atoms with van der Waals surface area (Å²) in [7, 11) is -3.88. The summed E-state index contributed by atoms with van der Waals surface area (Å²) < 4.78 is 22.5. The number of hydrogen-bond acceptors (Lipinski definition) is 5. The fraction of sp³-hybridized carbons (Fsp3) is 0.0714. The number of nitrogens with one attached hydrogen (secondary N) is 1. The molecule has 0 aliphatic heterocycles. The van der Waals surface area contributed by atoms with Gasteiger partial charge in [-0.1, -0.05) is 24.3 Å². The van der Waals surface area contributed by atoms with Crippen LogP contribution in [0, 0.1) is 10.1 Å². The predicted molar refractivity (Wildman–Crippen MR) is 83.2 cm³/mol. The van der Waals surface area contributed by atoms with Crippen molar-refractivity contribution in [3.8, 4) is 0 Å². The molecule has 2 aromatic rings. The van der Waals surface area contributed by atoms with E-state index in [0.29, 0.717) is 0 Å². The van der Waals surface area contributed by atoms with E-state index < -0.39 is 20.9 Å². The molecule has 0 heterocycles. The normalized spacial score (nSPS) is 11.0. The molecule has 0 saturated carbocycles. The Balaban J connectivity index is 2.17. The van der Waals surface area contributed by atoms with Crippen LogP contribution in [0.1, 0.15) is 5.56 Å². The van der Waals surface area contributed by atoms with Crippen LogP contribution >= 0.6 is 0 Å². The van der Waals surface area contributed by atoms with E-state index in [0.717, 1.165) is 0 Å². The van der Waals surface area contributed by atoms with Crippen LogP contribution in [0.25, 0.3) is 0 Å². The van der Waals surface area contributed by atoms with E-state index in [-0.39, 0.29) is 28.3 Å². The van der Waals surface area contributed by atoms with E-state index in [1.807, 2.05) is 0 Å². The lowest BCUT2D eigenvalue weighted by molar-refractivity contribution is -0.385. The van der Waals surface area contributed by atoms with Crippen molar-refractivity contribution in [2.24, 2.45) is 5.14 Å². The Hall–Kier alpha value is -2.78. The quantitative estimate of drug-likeness (QED) is 0.630. The van der Waals surface area contributed by atoms with Gasteiger partial charge in [-0.25, -0.2) is 13.6 Å². The second-order valence-electron chi connectivity index (χ2n) is 4.68. The van der Waals surface area contributed by atoms with Gasteiger partial charge in [-0.2, -0.15) is 0 Å². The zero-order chi connectivity index (χ0) is 17.0. The largest absolute Gasteiger partial charge is 0.326 e. The summed E-state index contributed by atoms with van der Waals surface area (Å²) in [4.78, 5) is 22.2. The highest BCUT2D eigenvalue weighted by atomic mass is 32.2. The van der Waals surface area contributed by atoms with Crippen LogP contribution in [0.3, 0.4) is 0 Å². The monoisotopic (exact) mass is 335 g/mol. The number of rotatable bonds is 5. The van der Waals surface area contributed by atoms with Gasteiger partial charge in [0.15, 0.2) is 0 Å². The van der Waals surface area contributed by atoms with Crippen LogP contribution in [-0.2, 0) is 21.2 Å². The molecule has 9 heteroatoms. The van der Waals surface area contributed by atoms with Gasteiger partial charge in [0.1, 0.15) is 0 Å². The van der Waals surface area contributed by atoms with Gasteiger partial charge in [0.05, 0.1) is 16.2 Å². The highest BCUT2D eigenvalue weighted by molar-refractivity contribution is 7.89. The molecule has 0 aliphatic carbocycles. The van der Waals surface area contributed by atoms with Crippen molar-refractivity contribution in [1.29, 1.82) is 0 Å². The summed E-state index contributed by atoms with van der Waals surface area (Å²) in [6.45, 7) is 0. The van der Waals surface area contributed by atoms with Gasteiger partial charge < -0.3 is 5.32 Å². The smallest absolute Gasteiger partial charge is 0.273 e. The lowest BCUT2D eigenvalue weighted by atomic mass is 10.1. The number of carbonyl (C=O) groups excluding carboxylic acids is 1. The molecule has 0 unspecified atom stereocenters. The second-order valence-corrected chi connectivity index (χ2v) is 6.25. The summed E-state index contributed by atoms with van der Waals surface area (Å²) in [5.41, 5.74) is 0.346. The predicted octanol–water partition coefficient (Wildman–Crippen LogP) is 1.42. The number of sulfonamides is 1. The molecule has 0 radical (unpaired) electrons. The molecule has 0 fully saturated rings. The minimum Gasteiger partial charge on any atom is -0.326 e. The number of anilines is 1. The van der Waals surface area contributed by atoms with Crippen LogP contribution in [0.4, 0.5) is 11.4 Å². The van der Waals surface area contributed by atoms with E-state index in [4.69, 9.17) is 5.14 Å². The minimum atomic E-state index is -3.88. The molecule has 23 heavy (non-hydrogen) atoms. The number of amides is 1. The van der Waals surface area contributed by atoms with Gasteiger partial charge in [0.2, 0.25) is 15.9 Å². The summed E-state index contributed by atoms with van der Waals surface area (Å²) in [5, 5.41) is 18.4. The highest BCUT2D eigenvalue weighted by Gasteiger charge is 2.16. The molecule has 120 valence electrons. The first-order chi connectivity index (χ1) is 10.8. The van der Waals surface area contributed by atoms with Gasteiger partial charge >= 0.3 is 0 Å². The van der Waals surface area contributed by atoms with E-state index >= 15 is 0 Å². The first-order valence-electron chi connectivity index (χ1n) is 6.42. The van der Waals surface area contributed by atoms with Crippen molar-refractivity contribution in [3.63, 3.8) is 0 Å². The Labute approximate surface area is 132 Å². The topological polar surface area (TPSA) is 132 Å². The standard InChI is InChI=1S/C14H13N3O5S/c15-23(21,22)12-6-3-5-11(9-12)16-14(18)8-10-4-1-2-7-13(10)17(19)20/h1-7,9H,8H2,(H,16,18)(H2,15,21,22). The van der Waals surface area contributed by atoms with Crippen LogP contribution < -0.4 is 10.5 Å². The number of nitro benzene ring substituents is 1. The van der Waals surface area contributed by atoms with Gasteiger partial charge in [-0.05, 0) is 18.2 Å². The molecule has 2 rings (SSSR count). The number of carbonyl (C=O) groups is 1. The minimum absolute atomic E-state index is 0.138. The average Bonchev–Trinajstić information content (AvgIpc) is 2.46. The van der Waals surface area contributed by atoms with Crippen molar-refractivity contribution in [3.05, 3.63) is 64.2 Å². The van der Waals surface area contributed by atoms with E-state index in [9.17, 15) is 23.3 Å². The third-order valence-corrected chi connectivity index (χ3v) is 3.90. The number of nitrogens with two attached hydrogens (primary N) is 1. The molecule has 0 atom stereocenters. The van der Waals surface area contributed by atoms with Gasteiger partial charge in [0, 0.05) is 17.3 Å². The van der Waals surface area contributed by atoms with E-state index in [1.54, 1.807) is 6.07 Å². The van der Waals surface area contributed by atoms with Crippen LogP contribution in [-0.4, -0.2) is 19.2 Å². The van der Waals surface area contributed by atoms with Crippen molar-refractivity contribution in [1.82, 2.24) is 0 Å². The number of nitrogens with zero attached hydrogens (tertiary/aromatic N) is 1. The van der Waals surface area contributed by atoms with Crippen molar-refractivity contribution in [2.45, 2.75) is 11.3 Å². The fourth-order valence-corrected chi connectivity index (χ4v) is 2.53. The third kappa shape index (κ3) is 4.34. The lowest BCUT2D eigenvalue weighted by Crippen LogP contribution is -2.16. The molecule has 0 aliphatic rings. The molecular weight excluding hydrogens is 322 g/mol. The maximum absolute atomic E-state index is 12.0. The Morgan fingerprint density at radius 2 is 1.87 bits per heavy atom. The third-order valence-electron chi connectivity index (χ3n) is 2.99. The zero-order valence-electron chi connectivity index (χ0n) is 11.8. The molecule has 0 saturated heterocycles. The van der Waals surface area contributed by atoms with Crippen molar-refractivity contribution < 1.29 is 18.1 Å². The van der Waals surface area contributed by atoms with Crippen LogP contribution in [0.15, 0.2) is 53.4 Å². The Kier molecular flexibility index (Phi) is 4.72. The van der Waals surface area contributed by atoms with Crippen LogP contribution in [0.5, 0.6) is 0 Å². The number of primary sulfonamides is 1. The molecule has 8 nitrogen and oxygen atoms in total. The van der Waals surface area contributed by atoms with Crippen LogP contribution in [0.2, 0.25) is 0 Å². The maximum Gasteiger partial charge on any atom is 0.273 e. The van der Waals surface area contributed by atoms with E-state index in [1.165, 1.54) is 42.5 Å². The summed E-state index contributed by atoms with van der Waals surface area (Å²) in [6.07, 6.45) is -0.212. The first-order valence-corrected chi connectivity index (χ1v) is 7.97. The number of benzene rings is 2. The van der Waals surface area contributed by atoms with Crippen molar-refractivity contribution in [2.75, 3.05) is 5.32 Å². The number of nitro groups is 1. The number of para-hydroxylation sites is 1. The summed E-state index contributed by atoms with van der Waals surface area (Å²) in [6, 6.07) is 11.3. The highest BCUT2D eigenvalue weighted by Crippen LogP contribution is 2.19. The Bertz CT molecular complexity index is 864. The van der Waals surface area contributed by atoms with Gasteiger partial charge in [-0.3, -0.25) is 14.9 Å². The van der Waals surface area contributed by atoms with Gasteiger partial charge in [-0.15, -0.1) is 0 Å². The first kappa shape index (κ1) is 16.6. The van der Waals surface area contributed by atoms with Gasteiger partial charge in [0.25, 0.3) is 5.69 Å². The molecule has 3 N–H and O–H groups in total. The number of hydrogen-bond donors (Lipinski definition) is 2. The Morgan fingerprint density at radius 1 is 1.17 bits per heavy atom. The fourth-order valence-electron chi connectivity index (χ4n) is 1.97. The Morgan fingerprint density at radius 3 is 2.52 bits per heavy atom. The average molecular weight is 335 g/mol. The maximum atomic E-state index is 12.0.